The predicted molar refractivity (Wildman–Crippen MR) is 42.3 cm³/mol. The molecule has 0 spiro atoms. The summed E-state index contributed by atoms with van der Waals surface area (Å²) in [5.74, 6) is 1.26. The van der Waals surface area contributed by atoms with Gasteiger partial charge in [0.25, 0.3) is 5.95 Å². The van der Waals surface area contributed by atoms with Gasteiger partial charge in [-0.15, -0.1) is 5.10 Å². The van der Waals surface area contributed by atoms with Gasteiger partial charge in [-0.05, 0) is 11.1 Å². The van der Waals surface area contributed by atoms with Crippen LogP contribution in [0.25, 0.3) is 0 Å². The fourth-order valence-electron chi connectivity index (χ4n) is 0.948. The van der Waals surface area contributed by atoms with Crippen LogP contribution in [-0.2, 0) is 0 Å². The number of hydrogen-bond donors (Lipinski definition) is 1. The molecule has 0 saturated heterocycles. The van der Waals surface area contributed by atoms with E-state index in [1.165, 1.54) is 0 Å². The zero-order valence-electron chi connectivity index (χ0n) is 7.07. The van der Waals surface area contributed by atoms with Gasteiger partial charge in [0.15, 0.2) is 0 Å². The minimum atomic E-state index is 0.610. The summed E-state index contributed by atoms with van der Waals surface area (Å²) in [7, 11) is 1.95. The van der Waals surface area contributed by atoms with Crippen molar-refractivity contribution in [3.05, 3.63) is 0 Å². The molecule has 0 aliphatic carbocycles. The van der Waals surface area contributed by atoms with E-state index in [-0.39, 0.29) is 0 Å². The fourth-order valence-corrected chi connectivity index (χ4v) is 0.948. The molecule has 62 valence electrons. The van der Waals surface area contributed by atoms with E-state index in [0.717, 1.165) is 6.54 Å². The van der Waals surface area contributed by atoms with Crippen LogP contribution >= 0.6 is 0 Å². The number of nitrogens with zero attached hydrogens (tertiary/aromatic N) is 4. The van der Waals surface area contributed by atoms with E-state index in [1.54, 1.807) is 0 Å². The Morgan fingerprint density at radius 2 is 2.27 bits per heavy atom. The van der Waals surface area contributed by atoms with Gasteiger partial charge < -0.3 is 4.90 Å². The third-order valence-electron chi connectivity index (χ3n) is 1.31. The van der Waals surface area contributed by atoms with E-state index < -0.39 is 0 Å². The van der Waals surface area contributed by atoms with Crippen LogP contribution in [-0.4, -0.2) is 34.2 Å². The van der Waals surface area contributed by atoms with Crippen molar-refractivity contribution in [1.29, 1.82) is 0 Å². The van der Waals surface area contributed by atoms with Crippen molar-refractivity contribution in [2.24, 2.45) is 5.92 Å². The second kappa shape index (κ2) is 3.32. The van der Waals surface area contributed by atoms with Gasteiger partial charge in [-0.2, -0.15) is 5.21 Å². The van der Waals surface area contributed by atoms with E-state index in [2.05, 4.69) is 34.5 Å². The molecule has 0 bridgehead atoms. The molecule has 11 heavy (non-hydrogen) atoms. The van der Waals surface area contributed by atoms with Crippen molar-refractivity contribution in [3.8, 4) is 0 Å². The molecule has 0 fully saturated rings. The lowest BCUT2D eigenvalue weighted by molar-refractivity contribution is 0.630. The Balaban J connectivity index is 2.49. The van der Waals surface area contributed by atoms with E-state index in [4.69, 9.17) is 0 Å². The maximum absolute atomic E-state index is 3.85. The highest BCUT2D eigenvalue weighted by Crippen LogP contribution is 2.03. The molecule has 0 unspecified atom stereocenters. The van der Waals surface area contributed by atoms with Gasteiger partial charge in [-0.25, -0.2) is 0 Å². The van der Waals surface area contributed by atoms with Crippen molar-refractivity contribution in [2.75, 3.05) is 18.5 Å². The summed E-state index contributed by atoms with van der Waals surface area (Å²) >= 11 is 0. The highest BCUT2D eigenvalue weighted by atomic mass is 15.5. The van der Waals surface area contributed by atoms with E-state index in [0.29, 0.717) is 11.9 Å². The van der Waals surface area contributed by atoms with Crippen LogP contribution in [0.3, 0.4) is 0 Å². The number of rotatable bonds is 3. The molecule has 1 aromatic heterocycles. The molecule has 0 atom stereocenters. The van der Waals surface area contributed by atoms with Crippen molar-refractivity contribution in [2.45, 2.75) is 13.8 Å². The number of nitrogens with one attached hydrogen (secondary N) is 1. The number of anilines is 1. The SMILES string of the molecule is CC(C)CN(C)c1nn[nH]n1. The molecule has 0 radical (unpaired) electrons. The number of aromatic nitrogens is 4. The normalized spacial score (nSPS) is 10.5. The molecule has 1 heterocycles. The van der Waals surface area contributed by atoms with Crippen LogP contribution in [0.4, 0.5) is 5.95 Å². The number of aromatic amines is 1. The Morgan fingerprint density at radius 1 is 1.55 bits per heavy atom. The molecule has 1 N–H and O–H groups in total. The fraction of sp³-hybridized carbons (Fsp3) is 0.833. The Hall–Kier alpha value is -1.13. The topological polar surface area (TPSA) is 57.7 Å². The Morgan fingerprint density at radius 3 is 2.73 bits per heavy atom. The molecule has 1 rings (SSSR count). The maximum Gasteiger partial charge on any atom is 0.265 e. The van der Waals surface area contributed by atoms with Gasteiger partial charge in [0, 0.05) is 13.6 Å². The van der Waals surface area contributed by atoms with Crippen LogP contribution in [0, 0.1) is 5.92 Å². The monoisotopic (exact) mass is 155 g/mol. The molecular weight excluding hydrogens is 142 g/mol. The summed E-state index contributed by atoms with van der Waals surface area (Å²) in [5, 5.41) is 13.6. The molecule has 5 heteroatoms. The van der Waals surface area contributed by atoms with E-state index in [1.807, 2.05) is 11.9 Å². The lowest BCUT2D eigenvalue weighted by atomic mass is 10.2. The third-order valence-corrected chi connectivity index (χ3v) is 1.31. The summed E-state index contributed by atoms with van der Waals surface area (Å²) in [6, 6.07) is 0. The van der Waals surface area contributed by atoms with Crippen molar-refractivity contribution in [1.82, 2.24) is 20.6 Å². The van der Waals surface area contributed by atoms with Gasteiger partial charge in [-0.3, -0.25) is 0 Å². The minimum Gasteiger partial charge on any atom is -0.341 e. The molecule has 0 aliphatic heterocycles. The Bertz CT molecular complexity index is 193. The van der Waals surface area contributed by atoms with Gasteiger partial charge in [0.05, 0.1) is 0 Å². The molecule has 0 saturated carbocycles. The molecule has 0 aliphatic rings. The van der Waals surface area contributed by atoms with Crippen LogP contribution in [0.5, 0.6) is 0 Å². The number of hydrogen-bond acceptors (Lipinski definition) is 4. The molecule has 0 aromatic carbocycles. The maximum atomic E-state index is 3.85. The smallest absolute Gasteiger partial charge is 0.265 e. The van der Waals surface area contributed by atoms with E-state index >= 15 is 0 Å². The van der Waals surface area contributed by atoms with Crippen LogP contribution < -0.4 is 4.90 Å². The molecule has 1 aromatic rings. The molecular formula is C6H13N5. The first-order valence-corrected chi connectivity index (χ1v) is 3.64. The molecule has 0 amide bonds. The summed E-state index contributed by atoms with van der Waals surface area (Å²) in [5.41, 5.74) is 0. The van der Waals surface area contributed by atoms with Crippen molar-refractivity contribution in [3.63, 3.8) is 0 Å². The summed E-state index contributed by atoms with van der Waals surface area (Å²) < 4.78 is 0. The quantitative estimate of drug-likeness (QED) is 0.681. The Kier molecular flexibility index (Phi) is 2.40. The standard InChI is InChI=1S/C6H13N5/c1-5(2)4-11(3)6-7-9-10-8-6/h5H,4H2,1-3H3,(H,7,8,9,10). The highest BCUT2D eigenvalue weighted by Gasteiger charge is 2.05. The first kappa shape index (κ1) is 7.97. The second-order valence-electron chi connectivity index (χ2n) is 2.99. The first-order chi connectivity index (χ1) is 5.20. The average molecular weight is 155 g/mol. The lowest BCUT2D eigenvalue weighted by Crippen LogP contribution is -2.23. The predicted octanol–water partition coefficient (Wildman–Crippen LogP) is 0.292. The second-order valence-corrected chi connectivity index (χ2v) is 2.99. The van der Waals surface area contributed by atoms with Crippen molar-refractivity contribution >= 4 is 5.95 Å². The van der Waals surface area contributed by atoms with Gasteiger partial charge in [0.2, 0.25) is 0 Å². The minimum absolute atomic E-state index is 0.610. The van der Waals surface area contributed by atoms with Crippen molar-refractivity contribution < 1.29 is 0 Å². The lowest BCUT2D eigenvalue weighted by Gasteiger charge is -2.15. The number of tetrazole rings is 1. The highest BCUT2D eigenvalue weighted by molar-refractivity contribution is 5.23. The largest absolute Gasteiger partial charge is 0.341 e. The Labute approximate surface area is 65.8 Å². The van der Waals surface area contributed by atoms with E-state index in [9.17, 15) is 0 Å². The zero-order chi connectivity index (χ0) is 8.27. The van der Waals surface area contributed by atoms with Crippen LogP contribution in [0.1, 0.15) is 13.8 Å². The average Bonchev–Trinajstić information content (AvgIpc) is 2.35. The van der Waals surface area contributed by atoms with Gasteiger partial charge in [-0.1, -0.05) is 18.9 Å². The summed E-state index contributed by atoms with van der Waals surface area (Å²) in [6.07, 6.45) is 0. The van der Waals surface area contributed by atoms with Crippen LogP contribution in [0.15, 0.2) is 0 Å². The van der Waals surface area contributed by atoms with Gasteiger partial charge in [0.1, 0.15) is 0 Å². The summed E-state index contributed by atoms with van der Waals surface area (Å²) in [4.78, 5) is 1.97. The number of H-pyrrole nitrogens is 1. The van der Waals surface area contributed by atoms with Crippen LogP contribution in [0.2, 0.25) is 0 Å². The first-order valence-electron chi connectivity index (χ1n) is 3.64. The summed E-state index contributed by atoms with van der Waals surface area (Å²) in [6.45, 7) is 5.24. The zero-order valence-corrected chi connectivity index (χ0v) is 7.07. The third kappa shape index (κ3) is 2.18. The molecule has 5 nitrogen and oxygen atoms in total. The van der Waals surface area contributed by atoms with Gasteiger partial charge >= 0.3 is 0 Å².